The molecule has 5 aromatic rings. The molecule has 0 saturated carbocycles. The van der Waals surface area contributed by atoms with Crippen LogP contribution in [0.25, 0.3) is 44.7 Å². The summed E-state index contributed by atoms with van der Waals surface area (Å²) in [5.74, 6) is 2.07. The van der Waals surface area contributed by atoms with Crippen molar-refractivity contribution in [1.82, 2.24) is 39.6 Å². The number of nitrogens with one attached hydrogen (secondary N) is 3. The van der Waals surface area contributed by atoms with Gasteiger partial charge in [-0.3, -0.25) is 14.9 Å². The first-order valence-corrected chi connectivity index (χ1v) is 22.0. The van der Waals surface area contributed by atoms with Crippen LogP contribution in [0.2, 0.25) is 5.02 Å². The summed E-state index contributed by atoms with van der Waals surface area (Å²) < 4.78 is 14.1. The monoisotopic (exact) mass is 853 g/mol. The van der Waals surface area contributed by atoms with E-state index >= 15 is 0 Å². The Balaban J connectivity index is 1.10. The molecule has 6 atom stereocenters. The van der Waals surface area contributed by atoms with Crippen LogP contribution in [0.15, 0.2) is 48.8 Å². The number of aliphatic hydroxyl groups is 1. The van der Waals surface area contributed by atoms with Gasteiger partial charge in [0.1, 0.15) is 17.4 Å². The van der Waals surface area contributed by atoms with Gasteiger partial charge in [0.2, 0.25) is 18.2 Å². The zero-order valence-electron chi connectivity index (χ0n) is 36.5. The SMILES string of the molecule is COC(O)NC(C(=O)N1CCCC1c1ncc(-c2ccc3c(c2)c(Cl)c2n3C(CC(C)(C)C)Oc3cc(-c4cnc(C5CCCN5C(=O)C(N)C(C)C)[nH]4)ccc3-2)[nH]1)C(C)C. The molecule has 0 spiro atoms. The molecule has 3 aromatic heterocycles. The van der Waals surface area contributed by atoms with Crippen molar-refractivity contribution in [2.24, 2.45) is 23.0 Å². The van der Waals surface area contributed by atoms with Crippen LogP contribution < -0.4 is 15.8 Å². The molecule has 2 amide bonds. The van der Waals surface area contributed by atoms with Gasteiger partial charge in [-0.25, -0.2) is 9.97 Å². The van der Waals surface area contributed by atoms with Crippen LogP contribution in [0.1, 0.15) is 111 Å². The third-order valence-electron chi connectivity index (χ3n) is 12.5. The predicted octanol–water partition coefficient (Wildman–Crippen LogP) is 7.92. The second-order valence-electron chi connectivity index (χ2n) is 18.8. The number of carbonyl (C=O) groups excluding carboxylic acids is 2. The van der Waals surface area contributed by atoms with Crippen LogP contribution in [0.5, 0.6) is 5.75 Å². The highest BCUT2D eigenvalue weighted by Gasteiger charge is 2.39. The van der Waals surface area contributed by atoms with Gasteiger partial charge in [0, 0.05) is 48.7 Å². The Morgan fingerprint density at radius 2 is 1.52 bits per heavy atom. The van der Waals surface area contributed by atoms with Gasteiger partial charge in [0.25, 0.3) is 0 Å². The van der Waals surface area contributed by atoms with Crippen LogP contribution >= 0.6 is 11.6 Å². The van der Waals surface area contributed by atoms with Crippen molar-refractivity contribution in [2.45, 2.75) is 117 Å². The van der Waals surface area contributed by atoms with Crippen molar-refractivity contribution in [3.63, 3.8) is 0 Å². The number of H-pyrrole nitrogens is 2. The first kappa shape index (κ1) is 42.9. The van der Waals surface area contributed by atoms with E-state index in [2.05, 4.69) is 77.0 Å². The number of rotatable bonds is 12. The van der Waals surface area contributed by atoms with Crippen LogP contribution in [-0.4, -0.2) is 89.9 Å². The number of amides is 2. The van der Waals surface area contributed by atoms with Crippen molar-refractivity contribution in [1.29, 1.82) is 0 Å². The van der Waals surface area contributed by atoms with Crippen molar-refractivity contribution in [3.05, 3.63) is 65.5 Å². The van der Waals surface area contributed by atoms with E-state index in [0.717, 1.165) is 94.2 Å². The Hall–Kier alpha value is -4.73. The fourth-order valence-electron chi connectivity index (χ4n) is 9.19. The number of aromatic amines is 2. The lowest BCUT2D eigenvalue weighted by Gasteiger charge is -2.34. The minimum atomic E-state index is -1.24. The number of aromatic nitrogens is 5. The molecule has 2 saturated heterocycles. The number of hydrogen-bond acceptors (Lipinski definition) is 9. The van der Waals surface area contributed by atoms with Gasteiger partial charge in [-0.15, -0.1) is 0 Å². The van der Waals surface area contributed by atoms with Gasteiger partial charge in [-0.1, -0.05) is 72.2 Å². The van der Waals surface area contributed by atoms with E-state index in [1.54, 1.807) is 0 Å². The summed E-state index contributed by atoms with van der Waals surface area (Å²) in [7, 11) is 1.39. The molecule has 2 aromatic carbocycles. The van der Waals surface area contributed by atoms with E-state index < -0.39 is 18.5 Å². The number of benzene rings is 2. The van der Waals surface area contributed by atoms with E-state index in [0.29, 0.717) is 18.1 Å². The molecule has 0 bridgehead atoms. The van der Waals surface area contributed by atoms with E-state index in [1.165, 1.54) is 7.11 Å². The molecule has 6 N–H and O–H groups in total. The molecule has 14 nitrogen and oxygen atoms in total. The number of halogens is 1. The first-order valence-electron chi connectivity index (χ1n) is 21.6. The Bertz CT molecular complexity index is 2410. The molecule has 61 heavy (non-hydrogen) atoms. The van der Waals surface area contributed by atoms with Gasteiger partial charge in [-0.05, 0) is 67.2 Å². The van der Waals surface area contributed by atoms with Crippen molar-refractivity contribution in [2.75, 3.05) is 20.2 Å². The number of imidazole rings is 2. The Labute approximate surface area is 362 Å². The molecule has 326 valence electrons. The fourth-order valence-corrected chi connectivity index (χ4v) is 9.53. The highest BCUT2D eigenvalue weighted by molar-refractivity contribution is 6.38. The van der Waals surface area contributed by atoms with Gasteiger partial charge < -0.3 is 44.6 Å². The van der Waals surface area contributed by atoms with Crippen LogP contribution in [0.4, 0.5) is 0 Å². The number of ether oxygens (including phenoxy) is 2. The number of likely N-dealkylation sites (tertiary alicyclic amines) is 2. The lowest BCUT2D eigenvalue weighted by Crippen LogP contribution is -2.52. The lowest BCUT2D eigenvalue weighted by molar-refractivity contribution is -0.145. The number of aliphatic hydroxyl groups excluding tert-OH is 1. The molecule has 3 aliphatic rings. The number of carbonyl (C=O) groups is 2. The zero-order valence-corrected chi connectivity index (χ0v) is 37.2. The van der Waals surface area contributed by atoms with Gasteiger partial charge in [-0.2, -0.15) is 0 Å². The molecule has 2 fully saturated rings. The maximum absolute atomic E-state index is 13.8. The van der Waals surface area contributed by atoms with E-state index in [9.17, 15) is 14.7 Å². The normalized spacial score (nSPS) is 20.6. The average Bonchev–Trinajstić information content (AvgIpc) is 4.08. The van der Waals surface area contributed by atoms with Gasteiger partial charge in [0.15, 0.2) is 6.23 Å². The molecule has 15 heteroatoms. The quantitative estimate of drug-likeness (QED) is 0.0780. The molecular formula is C46H60ClN9O5. The molecule has 3 aliphatic heterocycles. The molecule has 6 unspecified atom stereocenters. The van der Waals surface area contributed by atoms with E-state index in [-0.39, 0.29) is 47.4 Å². The summed E-state index contributed by atoms with van der Waals surface area (Å²) in [4.78, 5) is 47.4. The van der Waals surface area contributed by atoms with Gasteiger partial charge in [0.05, 0.1) is 64.2 Å². The van der Waals surface area contributed by atoms with Crippen LogP contribution in [0, 0.1) is 17.3 Å². The topological polar surface area (TPSA) is 180 Å². The highest BCUT2D eigenvalue weighted by Crippen LogP contribution is 2.50. The smallest absolute Gasteiger partial charge is 0.240 e. The number of hydrogen-bond donors (Lipinski definition) is 5. The van der Waals surface area contributed by atoms with Crippen LogP contribution in [0.3, 0.4) is 0 Å². The second kappa shape index (κ2) is 16.9. The average molecular weight is 854 g/mol. The summed E-state index contributed by atoms with van der Waals surface area (Å²) in [6, 6.07) is 10.9. The van der Waals surface area contributed by atoms with E-state index in [1.807, 2.05) is 49.9 Å². The summed E-state index contributed by atoms with van der Waals surface area (Å²) >= 11 is 7.44. The number of nitrogens with zero attached hydrogens (tertiary/aromatic N) is 5. The Morgan fingerprint density at radius 1 is 0.934 bits per heavy atom. The molecule has 8 rings (SSSR count). The molecule has 0 aliphatic carbocycles. The minimum absolute atomic E-state index is 0.0324. The van der Waals surface area contributed by atoms with Crippen molar-refractivity contribution >= 4 is 34.3 Å². The molecular weight excluding hydrogens is 794 g/mol. The minimum Gasteiger partial charge on any atom is -0.469 e. The van der Waals surface area contributed by atoms with Crippen LogP contribution in [-0.2, 0) is 14.3 Å². The number of nitrogens with two attached hydrogens (primary N) is 1. The summed E-state index contributed by atoms with van der Waals surface area (Å²) in [6.45, 7) is 15.7. The largest absolute Gasteiger partial charge is 0.469 e. The maximum Gasteiger partial charge on any atom is 0.240 e. The van der Waals surface area contributed by atoms with Crippen molar-refractivity contribution < 1.29 is 24.2 Å². The summed E-state index contributed by atoms with van der Waals surface area (Å²) in [6.07, 6.45) is 6.18. The lowest BCUT2D eigenvalue weighted by atomic mass is 9.90. The van der Waals surface area contributed by atoms with Crippen molar-refractivity contribution in [3.8, 4) is 39.5 Å². The first-order chi connectivity index (χ1) is 29.0. The zero-order chi connectivity index (χ0) is 43.5. The third kappa shape index (κ3) is 8.20. The van der Waals surface area contributed by atoms with E-state index in [4.69, 9.17) is 36.8 Å². The maximum atomic E-state index is 13.8. The van der Waals surface area contributed by atoms with Gasteiger partial charge >= 0.3 is 0 Å². The number of methoxy groups -OCH3 is 1. The summed E-state index contributed by atoms with van der Waals surface area (Å²) in [5, 5.41) is 14.6. The standard InChI is InChI=1S/C46H60ClN9O5/c1-24(2)38(48)43(57)54-17-9-11-33(54)41-50-23-31(52-41)27-13-15-28-35(20-27)61-36(21-46(5,6)7)56-32-16-14-26(19-29(32)37(47)40(28)56)30-22-49-42(51-30)34-12-10-18-55(34)44(58)39(25(3)4)53-45(59)60-8/h13-16,19-20,22-25,33-34,36,38-39,45,53,59H,9-12,17-18,21,48H2,1-8H3,(H,49,51)(H,50,52). The molecule has 0 radical (unpaired) electrons. The Morgan fingerprint density at radius 3 is 2.10 bits per heavy atom. The predicted molar refractivity (Wildman–Crippen MR) is 236 cm³/mol. The Kier molecular flexibility index (Phi) is 11.9. The highest BCUT2D eigenvalue weighted by atomic mass is 35.5. The summed E-state index contributed by atoms with van der Waals surface area (Å²) in [5.41, 5.74) is 12.5. The molecule has 6 heterocycles. The second-order valence-corrected chi connectivity index (χ2v) is 19.2. The number of fused-ring (bicyclic) bond motifs is 5. The third-order valence-corrected chi connectivity index (χ3v) is 12.9. The fraction of sp³-hybridized carbons (Fsp3) is 0.522.